The van der Waals surface area contributed by atoms with E-state index in [0.29, 0.717) is 5.92 Å². The van der Waals surface area contributed by atoms with Crippen LogP contribution in [0.1, 0.15) is 52.4 Å². The molecule has 0 aromatic carbocycles. The molecule has 0 aromatic rings. The molecule has 0 saturated carbocycles. The Bertz CT molecular complexity index is 115. The van der Waals surface area contributed by atoms with E-state index in [2.05, 4.69) is 13.8 Å². The Morgan fingerprint density at radius 1 is 1.17 bits per heavy atom. The third-order valence-electron chi connectivity index (χ3n) is 2.21. The fourth-order valence-electron chi connectivity index (χ4n) is 1.33. The van der Waals surface area contributed by atoms with Gasteiger partial charge in [0.15, 0.2) is 0 Å². The van der Waals surface area contributed by atoms with E-state index in [1.165, 1.54) is 38.5 Å². The molecule has 0 aromatic heterocycles. The molecule has 0 atom stereocenters. The predicted octanol–water partition coefficient (Wildman–Crippen LogP) is 3.27. The van der Waals surface area contributed by atoms with Gasteiger partial charge in [-0.25, -0.2) is 0 Å². The van der Waals surface area contributed by atoms with Crippen LogP contribution >= 0.6 is 12.2 Å². The van der Waals surface area contributed by atoms with Crippen molar-refractivity contribution >= 4 is 17.2 Å². The van der Waals surface area contributed by atoms with Crippen molar-refractivity contribution < 1.29 is 0 Å². The monoisotopic (exact) mass is 187 g/mol. The largest absolute Gasteiger partial charge is 0.393 e. The maximum Gasteiger partial charge on any atom is 0.0758 e. The highest BCUT2D eigenvalue weighted by molar-refractivity contribution is 7.80. The van der Waals surface area contributed by atoms with Crippen LogP contribution in [0.5, 0.6) is 0 Å². The van der Waals surface area contributed by atoms with E-state index in [4.69, 9.17) is 18.0 Å². The summed E-state index contributed by atoms with van der Waals surface area (Å²) in [6.07, 6.45) is 7.37. The van der Waals surface area contributed by atoms with E-state index in [9.17, 15) is 0 Å². The minimum atomic E-state index is 0.500. The van der Waals surface area contributed by atoms with Gasteiger partial charge in [-0.15, -0.1) is 0 Å². The van der Waals surface area contributed by atoms with Gasteiger partial charge in [0, 0.05) is 5.92 Å². The average Bonchev–Trinajstić information content (AvgIpc) is 2.04. The van der Waals surface area contributed by atoms with Gasteiger partial charge in [0.2, 0.25) is 0 Å². The predicted molar refractivity (Wildman–Crippen MR) is 59.3 cm³/mol. The van der Waals surface area contributed by atoms with Crippen molar-refractivity contribution in [3.63, 3.8) is 0 Å². The van der Waals surface area contributed by atoms with Crippen LogP contribution in [0.2, 0.25) is 0 Å². The lowest BCUT2D eigenvalue weighted by atomic mass is 9.96. The summed E-state index contributed by atoms with van der Waals surface area (Å²) in [4.78, 5) is 0.719. The van der Waals surface area contributed by atoms with E-state index >= 15 is 0 Å². The molecule has 0 fully saturated rings. The fraction of sp³-hybridized carbons (Fsp3) is 0.900. The summed E-state index contributed by atoms with van der Waals surface area (Å²) in [6.45, 7) is 4.41. The third-order valence-corrected chi connectivity index (χ3v) is 2.55. The molecule has 72 valence electrons. The Balaban J connectivity index is 3.62. The quantitative estimate of drug-likeness (QED) is 0.619. The fourth-order valence-corrected chi connectivity index (χ4v) is 1.57. The molecule has 0 heterocycles. The molecular formula is C10H21NS. The maximum atomic E-state index is 5.65. The van der Waals surface area contributed by atoms with Crippen molar-refractivity contribution in [2.24, 2.45) is 11.7 Å². The van der Waals surface area contributed by atoms with Gasteiger partial charge in [-0.3, -0.25) is 0 Å². The lowest BCUT2D eigenvalue weighted by Crippen LogP contribution is -2.21. The van der Waals surface area contributed by atoms with E-state index < -0.39 is 0 Å². The molecule has 0 unspecified atom stereocenters. The summed E-state index contributed by atoms with van der Waals surface area (Å²) in [5.41, 5.74) is 5.65. The summed E-state index contributed by atoms with van der Waals surface area (Å²) in [5.74, 6) is 0.500. The van der Waals surface area contributed by atoms with Gasteiger partial charge in [0.05, 0.1) is 4.99 Å². The number of rotatable bonds is 7. The highest BCUT2D eigenvalue weighted by Gasteiger charge is 2.09. The standard InChI is InChI=1S/C10H21NS/c1-3-5-7-9(10(11)12)8-6-4-2/h9H,3-8H2,1-2H3,(H2,11,12). The van der Waals surface area contributed by atoms with Gasteiger partial charge in [-0.05, 0) is 12.8 Å². The first-order valence-corrected chi connectivity index (χ1v) is 5.42. The zero-order chi connectivity index (χ0) is 9.40. The van der Waals surface area contributed by atoms with Crippen molar-refractivity contribution in [3.8, 4) is 0 Å². The number of thiocarbonyl (C=S) groups is 1. The van der Waals surface area contributed by atoms with Crippen LogP contribution in [0.25, 0.3) is 0 Å². The SMILES string of the molecule is CCCCC(CCCC)C(N)=S. The Kier molecular flexibility index (Phi) is 7.47. The molecule has 0 bridgehead atoms. The van der Waals surface area contributed by atoms with E-state index in [0.717, 1.165) is 4.99 Å². The molecule has 0 aliphatic heterocycles. The first kappa shape index (κ1) is 11.9. The lowest BCUT2D eigenvalue weighted by Gasteiger charge is -2.13. The molecule has 0 radical (unpaired) electrons. The van der Waals surface area contributed by atoms with Crippen LogP contribution in [0, 0.1) is 5.92 Å². The topological polar surface area (TPSA) is 26.0 Å². The van der Waals surface area contributed by atoms with Gasteiger partial charge >= 0.3 is 0 Å². The number of unbranched alkanes of at least 4 members (excludes halogenated alkanes) is 2. The molecule has 0 rings (SSSR count). The van der Waals surface area contributed by atoms with Gasteiger partial charge in [0.25, 0.3) is 0 Å². The van der Waals surface area contributed by atoms with Crippen LogP contribution in [0.4, 0.5) is 0 Å². The summed E-state index contributed by atoms with van der Waals surface area (Å²) in [5, 5.41) is 0. The van der Waals surface area contributed by atoms with Crippen molar-refractivity contribution in [2.75, 3.05) is 0 Å². The second-order valence-electron chi connectivity index (χ2n) is 3.38. The summed E-state index contributed by atoms with van der Waals surface area (Å²) in [7, 11) is 0. The number of hydrogen-bond acceptors (Lipinski definition) is 1. The van der Waals surface area contributed by atoms with Crippen molar-refractivity contribution in [1.29, 1.82) is 0 Å². The Labute approximate surface area is 81.7 Å². The molecule has 0 spiro atoms. The molecule has 12 heavy (non-hydrogen) atoms. The van der Waals surface area contributed by atoms with Gasteiger partial charge in [-0.2, -0.15) is 0 Å². The third kappa shape index (κ3) is 5.53. The highest BCUT2D eigenvalue weighted by Crippen LogP contribution is 2.16. The minimum absolute atomic E-state index is 0.500. The number of hydrogen-bond donors (Lipinski definition) is 1. The smallest absolute Gasteiger partial charge is 0.0758 e. The number of nitrogens with two attached hydrogens (primary N) is 1. The van der Waals surface area contributed by atoms with Crippen LogP contribution < -0.4 is 5.73 Å². The van der Waals surface area contributed by atoms with Crippen LogP contribution in [0.3, 0.4) is 0 Å². The van der Waals surface area contributed by atoms with E-state index in [1.54, 1.807) is 0 Å². The second-order valence-corrected chi connectivity index (χ2v) is 3.86. The minimum Gasteiger partial charge on any atom is -0.393 e. The van der Waals surface area contributed by atoms with Crippen LogP contribution in [-0.2, 0) is 0 Å². The zero-order valence-electron chi connectivity index (χ0n) is 8.31. The molecule has 0 saturated heterocycles. The van der Waals surface area contributed by atoms with Crippen molar-refractivity contribution in [2.45, 2.75) is 52.4 Å². The Morgan fingerprint density at radius 2 is 1.58 bits per heavy atom. The second kappa shape index (κ2) is 7.53. The maximum absolute atomic E-state index is 5.65. The van der Waals surface area contributed by atoms with Crippen molar-refractivity contribution in [3.05, 3.63) is 0 Å². The molecular weight excluding hydrogens is 166 g/mol. The van der Waals surface area contributed by atoms with Crippen LogP contribution in [-0.4, -0.2) is 4.99 Å². The van der Waals surface area contributed by atoms with E-state index in [1.807, 2.05) is 0 Å². The molecule has 2 heteroatoms. The Hall–Kier alpha value is -0.110. The van der Waals surface area contributed by atoms with Crippen LogP contribution in [0.15, 0.2) is 0 Å². The first-order valence-electron chi connectivity index (χ1n) is 5.01. The molecule has 0 amide bonds. The molecule has 1 nitrogen and oxygen atoms in total. The normalized spacial score (nSPS) is 10.6. The summed E-state index contributed by atoms with van der Waals surface area (Å²) < 4.78 is 0. The van der Waals surface area contributed by atoms with E-state index in [-0.39, 0.29) is 0 Å². The van der Waals surface area contributed by atoms with Gasteiger partial charge in [-0.1, -0.05) is 51.7 Å². The van der Waals surface area contributed by atoms with Gasteiger partial charge in [0.1, 0.15) is 0 Å². The van der Waals surface area contributed by atoms with Crippen molar-refractivity contribution in [1.82, 2.24) is 0 Å². The molecule has 0 aliphatic carbocycles. The summed E-state index contributed by atoms with van der Waals surface area (Å²) in [6, 6.07) is 0. The Morgan fingerprint density at radius 3 is 1.83 bits per heavy atom. The average molecular weight is 187 g/mol. The zero-order valence-corrected chi connectivity index (χ0v) is 9.12. The highest BCUT2D eigenvalue weighted by atomic mass is 32.1. The summed E-state index contributed by atoms with van der Waals surface area (Å²) >= 11 is 5.02. The lowest BCUT2D eigenvalue weighted by molar-refractivity contribution is 0.524. The first-order chi connectivity index (χ1) is 5.72. The molecule has 2 N–H and O–H groups in total. The molecule has 0 aliphatic rings. The van der Waals surface area contributed by atoms with Gasteiger partial charge < -0.3 is 5.73 Å².